The first-order chi connectivity index (χ1) is 3.39. The second-order valence-electron chi connectivity index (χ2n) is 1.09. The van der Waals surface area contributed by atoms with Gasteiger partial charge in [-0.1, -0.05) is 0 Å². The smallest absolute Gasteiger partial charge is 0.115 e. The Morgan fingerprint density at radius 3 is 3.00 bits per heavy atom. The third kappa shape index (κ3) is 1.23. The fourth-order valence-corrected chi connectivity index (χ4v) is 0.651. The van der Waals surface area contributed by atoms with Crippen LogP contribution in [0.5, 0.6) is 0 Å². The molecule has 2 nitrogen and oxygen atoms in total. The Bertz CT molecular complexity index is 117. The fourth-order valence-electron chi connectivity index (χ4n) is 0.281. The second kappa shape index (κ2) is 2.02. The van der Waals surface area contributed by atoms with Gasteiger partial charge in [-0.2, -0.15) is 4.40 Å². The molecule has 7 heavy (non-hydrogen) atoms. The van der Waals surface area contributed by atoms with Crippen LogP contribution in [0.25, 0.3) is 0 Å². The zero-order valence-electron chi connectivity index (χ0n) is 3.72. The number of rotatable bonds is 0. The van der Waals surface area contributed by atoms with E-state index in [4.69, 9.17) is 0 Å². The van der Waals surface area contributed by atoms with Gasteiger partial charge < -0.3 is 5.32 Å². The summed E-state index contributed by atoms with van der Waals surface area (Å²) in [6.07, 6.45) is 1.81. The third-order valence-electron chi connectivity index (χ3n) is 0.542. The van der Waals surface area contributed by atoms with Gasteiger partial charge in [0.1, 0.15) is 5.84 Å². The van der Waals surface area contributed by atoms with E-state index in [1.165, 1.54) is 11.9 Å². The van der Waals surface area contributed by atoms with E-state index in [0.29, 0.717) is 5.84 Å². The summed E-state index contributed by atoms with van der Waals surface area (Å²) in [5, 5.41) is 4.68. The summed E-state index contributed by atoms with van der Waals surface area (Å²) >= 11 is 1.39. The van der Waals surface area contributed by atoms with Gasteiger partial charge >= 0.3 is 0 Å². The monoisotopic (exact) mass is 113 g/mol. The molecule has 1 radical (unpaired) electrons. The Hall–Kier alpha value is -0.440. The summed E-state index contributed by atoms with van der Waals surface area (Å²) in [7, 11) is 0. The molecule has 0 bridgehead atoms. The van der Waals surface area contributed by atoms with E-state index in [2.05, 4.69) is 16.6 Å². The van der Waals surface area contributed by atoms with Gasteiger partial charge in [-0.05, 0) is 0 Å². The predicted octanol–water partition coefficient (Wildman–Crippen LogP) is 0.942. The zero-order valence-corrected chi connectivity index (χ0v) is 4.53. The molecule has 1 N–H and O–H groups in total. The largest absolute Gasteiger partial charge is 0.349 e. The van der Waals surface area contributed by atoms with Crippen molar-refractivity contribution >= 4 is 17.8 Å². The topological polar surface area (TPSA) is 24.4 Å². The molecule has 0 fully saturated rings. The van der Waals surface area contributed by atoms with Gasteiger partial charge in [0.2, 0.25) is 0 Å². The molecule has 0 saturated heterocycles. The Morgan fingerprint density at radius 2 is 2.71 bits per heavy atom. The quantitative estimate of drug-likeness (QED) is 0.473. The molecule has 1 rings (SSSR count). The number of nitrogens with one attached hydrogen (secondary N) is 1. The SMILES string of the molecule is [CH2]C1=NSC=CN1. The van der Waals surface area contributed by atoms with E-state index in [9.17, 15) is 0 Å². The number of hydrogen-bond donors (Lipinski definition) is 1. The molecular weight excluding hydrogens is 108 g/mol. The molecular formula is C4H5N2S. The molecule has 1 aliphatic rings. The van der Waals surface area contributed by atoms with E-state index in [1.807, 2.05) is 5.41 Å². The maximum absolute atomic E-state index is 3.85. The van der Waals surface area contributed by atoms with Crippen LogP contribution in [-0.2, 0) is 0 Å². The average Bonchev–Trinajstić information content (AvgIpc) is 1.69. The Kier molecular flexibility index (Phi) is 1.36. The van der Waals surface area contributed by atoms with Gasteiger partial charge in [0.05, 0.1) is 0 Å². The highest BCUT2D eigenvalue weighted by Gasteiger charge is 1.87. The highest BCUT2D eigenvalue weighted by molar-refractivity contribution is 8.01. The average molecular weight is 113 g/mol. The van der Waals surface area contributed by atoms with Crippen molar-refractivity contribution in [2.24, 2.45) is 4.40 Å². The minimum atomic E-state index is 0.715. The van der Waals surface area contributed by atoms with Gasteiger partial charge in [0.25, 0.3) is 0 Å². The van der Waals surface area contributed by atoms with Crippen LogP contribution in [0.15, 0.2) is 16.0 Å². The number of amidine groups is 1. The van der Waals surface area contributed by atoms with Crippen molar-refractivity contribution in [1.29, 1.82) is 0 Å². The standard InChI is InChI=1S/C4H5N2S/c1-4-5-2-3-7-6-4/h2-3H,1H2,(H,5,6). The third-order valence-corrected chi connectivity index (χ3v) is 1.13. The van der Waals surface area contributed by atoms with E-state index in [1.54, 1.807) is 6.20 Å². The van der Waals surface area contributed by atoms with Crippen LogP contribution in [0.3, 0.4) is 0 Å². The van der Waals surface area contributed by atoms with Crippen molar-refractivity contribution in [2.75, 3.05) is 0 Å². The zero-order chi connectivity index (χ0) is 5.11. The lowest BCUT2D eigenvalue weighted by molar-refractivity contribution is 1.28. The van der Waals surface area contributed by atoms with Crippen molar-refractivity contribution in [3.05, 3.63) is 18.5 Å². The molecule has 0 aromatic heterocycles. The highest BCUT2D eigenvalue weighted by atomic mass is 32.2. The van der Waals surface area contributed by atoms with E-state index >= 15 is 0 Å². The van der Waals surface area contributed by atoms with Crippen molar-refractivity contribution in [2.45, 2.75) is 0 Å². The Labute approximate surface area is 46.8 Å². The molecule has 0 aliphatic carbocycles. The Morgan fingerprint density at radius 1 is 1.86 bits per heavy atom. The van der Waals surface area contributed by atoms with Crippen molar-refractivity contribution < 1.29 is 0 Å². The molecule has 0 atom stereocenters. The first-order valence-corrected chi connectivity index (χ1v) is 2.70. The first kappa shape index (κ1) is 4.71. The van der Waals surface area contributed by atoms with Crippen LogP contribution in [0.4, 0.5) is 0 Å². The molecule has 0 amide bonds. The molecule has 0 aromatic rings. The van der Waals surface area contributed by atoms with E-state index in [-0.39, 0.29) is 0 Å². The lowest BCUT2D eigenvalue weighted by atomic mass is 10.7. The van der Waals surface area contributed by atoms with Gasteiger partial charge in [0, 0.05) is 30.5 Å². The first-order valence-electron chi connectivity index (χ1n) is 1.87. The van der Waals surface area contributed by atoms with Crippen LogP contribution in [0, 0.1) is 6.92 Å². The summed E-state index contributed by atoms with van der Waals surface area (Å²) in [5.74, 6) is 0.715. The van der Waals surface area contributed by atoms with Crippen LogP contribution in [0.2, 0.25) is 0 Å². The van der Waals surface area contributed by atoms with Crippen molar-refractivity contribution in [1.82, 2.24) is 5.32 Å². The maximum Gasteiger partial charge on any atom is 0.115 e. The second-order valence-corrected chi connectivity index (χ2v) is 1.76. The lowest BCUT2D eigenvalue weighted by Crippen LogP contribution is -2.13. The number of nitrogens with zero attached hydrogens (tertiary/aromatic N) is 1. The van der Waals surface area contributed by atoms with Crippen molar-refractivity contribution in [3.63, 3.8) is 0 Å². The molecule has 1 aliphatic heterocycles. The molecule has 3 heteroatoms. The normalized spacial score (nSPS) is 18.1. The molecule has 0 aromatic carbocycles. The molecule has 0 spiro atoms. The van der Waals surface area contributed by atoms with Crippen LogP contribution >= 0.6 is 11.9 Å². The van der Waals surface area contributed by atoms with Crippen LogP contribution < -0.4 is 5.32 Å². The van der Waals surface area contributed by atoms with Gasteiger partial charge in [-0.15, -0.1) is 0 Å². The van der Waals surface area contributed by atoms with Gasteiger partial charge in [0.15, 0.2) is 0 Å². The van der Waals surface area contributed by atoms with Crippen LogP contribution in [0.1, 0.15) is 0 Å². The maximum atomic E-state index is 3.85. The van der Waals surface area contributed by atoms with Gasteiger partial charge in [-0.3, -0.25) is 0 Å². The minimum absolute atomic E-state index is 0.715. The molecule has 0 saturated carbocycles. The van der Waals surface area contributed by atoms with Crippen LogP contribution in [-0.4, -0.2) is 5.84 Å². The fraction of sp³-hybridized carbons (Fsp3) is 0. The Balaban J connectivity index is 2.50. The van der Waals surface area contributed by atoms with Crippen molar-refractivity contribution in [3.8, 4) is 0 Å². The van der Waals surface area contributed by atoms with E-state index < -0.39 is 0 Å². The highest BCUT2D eigenvalue weighted by Crippen LogP contribution is 2.05. The molecule has 0 unspecified atom stereocenters. The predicted molar refractivity (Wildman–Crippen MR) is 32.7 cm³/mol. The summed E-state index contributed by atoms with van der Waals surface area (Å²) in [4.78, 5) is 0. The summed E-state index contributed by atoms with van der Waals surface area (Å²) < 4.78 is 3.85. The summed E-state index contributed by atoms with van der Waals surface area (Å²) in [5.41, 5.74) is 0. The minimum Gasteiger partial charge on any atom is -0.349 e. The molecule has 37 valence electrons. The van der Waals surface area contributed by atoms with Gasteiger partial charge in [-0.25, -0.2) is 0 Å². The summed E-state index contributed by atoms with van der Waals surface area (Å²) in [6, 6.07) is 0. The lowest BCUT2D eigenvalue weighted by Gasteiger charge is -1.99. The van der Waals surface area contributed by atoms with E-state index in [0.717, 1.165) is 0 Å². The summed E-state index contributed by atoms with van der Waals surface area (Å²) in [6.45, 7) is 3.56. The number of hydrogen-bond acceptors (Lipinski definition) is 3. The molecule has 1 heterocycles.